The number of Topliss-reactive ketones (excluding diaryl/α,β-unsaturated/α-hetero) is 1. The lowest BCUT2D eigenvalue weighted by atomic mass is 9.80. The molecule has 0 bridgehead atoms. The minimum Gasteiger partial charge on any atom is -0.294 e. The molecule has 1 aliphatic carbocycles. The van der Waals surface area contributed by atoms with Gasteiger partial charge in [-0.1, -0.05) is 26.0 Å². The summed E-state index contributed by atoms with van der Waals surface area (Å²) in [5, 5.41) is 0. The van der Waals surface area contributed by atoms with Crippen molar-refractivity contribution in [2.24, 2.45) is 5.92 Å². The van der Waals surface area contributed by atoms with E-state index in [1.807, 2.05) is 12.3 Å². The summed E-state index contributed by atoms with van der Waals surface area (Å²) in [5.41, 5.74) is 4.44. The van der Waals surface area contributed by atoms with Crippen LogP contribution in [0.3, 0.4) is 0 Å². The molecule has 1 heterocycles. The number of pyridine rings is 1. The summed E-state index contributed by atoms with van der Waals surface area (Å²) in [6.45, 7) is 4.29. The average Bonchev–Trinajstić information content (AvgIpc) is 2.48. The predicted molar refractivity (Wildman–Crippen MR) is 87.9 cm³/mol. The maximum atomic E-state index is 12.5. The lowest BCUT2D eigenvalue weighted by Gasteiger charge is -2.25. The third kappa shape index (κ3) is 2.75. The van der Waals surface area contributed by atoms with E-state index in [9.17, 15) is 4.79 Å². The lowest BCUT2D eigenvalue weighted by Crippen LogP contribution is -2.20. The van der Waals surface area contributed by atoms with Crippen molar-refractivity contribution < 1.29 is 4.79 Å². The van der Waals surface area contributed by atoms with Crippen LogP contribution in [0.2, 0.25) is 0 Å². The Labute approximate surface area is 130 Å². The van der Waals surface area contributed by atoms with Gasteiger partial charge in [-0.15, -0.1) is 11.8 Å². The number of aromatic nitrogens is 1. The summed E-state index contributed by atoms with van der Waals surface area (Å²) in [7, 11) is 0. The van der Waals surface area contributed by atoms with Crippen molar-refractivity contribution in [3.05, 3.63) is 47.8 Å². The van der Waals surface area contributed by atoms with Gasteiger partial charge in [-0.25, -0.2) is 0 Å². The molecule has 1 unspecified atom stereocenters. The molecule has 2 aromatic rings. The van der Waals surface area contributed by atoms with Crippen molar-refractivity contribution >= 4 is 17.5 Å². The topological polar surface area (TPSA) is 30.0 Å². The van der Waals surface area contributed by atoms with Crippen molar-refractivity contribution in [2.75, 3.05) is 5.75 Å². The van der Waals surface area contributed by atoms with Gasteiger partial charge in [0.05, 0.1) is 0 Å². The summed E-state index contributed by atoms with van der Waals surface area (Å²) in [5.74, 6) is 1.70. The Morgan fingerprint density at radius 1 is 1.29 bits per heavy atom. The Hall–Kier alpha value is -1.61. The summed E-state index contributed by atoms with van der Waals surface area (Å²) in [6, 6.07) is 8.27. The molecule has 0 saturated carbocycles. The fourth-order valence-electron chi connectivity index (χ4n) is 3.05. The van der Waals surface area contributed by atoms with Gasteiger partial charge in [-0.2, -0.15) is 0 Å². The molecular weight excluding hydrogens is 278 g/mol. The van der Waals surface area contributed by atoms with Gasteiger partial charge in [0.2, 0.25) is 0 Å². The molecule has 2 nitrogen and oxygen atoms in total. The number of nitrogens with zero attached hydrogens (tertiary/aromatic N) is 1. The Kier molecular flexibility index (Phi) is 4.11. The molecule has 0 fully saturated rings. The number of rotatable bonds is 3. The van der Waals surface area contributed by atoms with E-state index in [0.717, 1.165) is 28.2 Å². The van der Waals surface area contributed by atoms with Gasteiger partial charge in [0.15, 0.2) is 5.78 Å². The third-order valence-electron chi connectivity index (χ3n) is 3.91. The molecule has 3 heteroatoms. The van der Waals surface area contributed by atoms with Gasteiger partial charge in [-0.05, 0) is 41.4 Å². The Morgan fingerprint density at radius 3 is 2.86 bits per heavy atom. The van der Waals surface area contributed by atoms with Crippen molar-refractivity contribution in [1.82, 2.24) is 4.98 Å². The number of carbonyl (C=O) groups excluding carboxylic acids is 1. The zero-order valence-electron chi connectivity index (χ0n) is 12.4. The number of carbonyl (C=O) groups is 1. The molecule has 1 aromatic carbocycles. The first-order valence-electron chi connectivity index (χ1n) is 7.43. The number of ketones is 1. The van der Waals surface area contributed by atoms with Gasteiger partial charge in [0.25, 0.3) is 0 Å². The largest absolute Gasteiger partial charge is 0.294 e. The Morgan fingerprint density at radius 2 is 2.14 bits per heavy atom. The maximum Gasteiger partial charge on any atom is 0.164 e. The van der Waals surface area contributed by atoms with Gasteiger partial charge >= 0.3 is 0 Å². The van der Waals surface area contributed by atoms with Gasteiger partial charge in [0, 0.05) is 34.8 Å². The number of benzene rings is 1. The Bertz CT molecular complexity index is 666. The predicted octanol–water partition coefficient (Wildman–Crippen LogP) is 4.63. The van der Waals surface area contributed by atoms with Crippen LogP contribution in [0.5, 0.6) is 0 Å². The second kappa shape index (κ2) is 6.02. The SMILES string of the molecule is CCSc1ccc(-c2cccnc2)c2c1C(=O)CC(C)C2. The average molecular weight is 297 g/mol. The molecule has 0 spiro atoms. The van der Waals surface area contributed by atoms with Gasteiger partial charge in [-0.3, -0.25) is 9.78 Å². The highest BCUT2D eigenvalue weighted by molar-refractivity contribution is 7.99. The molecule has 0 aliphatic heterocycles. The zero-order chi connectivity index (χ0) is 14.8. The molecule has 0 radical (unpaired) electrons. The summed E-state index contributed by atoms with van der Waals surface area (Å²) in [4.78, 5) is 17.9. The van der Waals surface area contributed by atoms with Crippen molar-refractivity contribution in [3.8, 4) is 11.1 Å². The van der Waals surface area contributed by atoms with E-state index in [0.29, 0.717) is 18.1 Å². The van der Waals surface area contributed by atoms with Crippen LogP contribution >= 0.6 is 11.8 Å². The Balaban J connectivity index is 2.20. The standard InChI is InChI=1S/C18H19NOS/c1-3-21-17-7-6-14(13-5-4-8-19-11-13)15-9-12(2)10-16(20)18(15)17/h4-8,11-12H,3,9-10H2,1-2H3. The van der Waals surface area contributed by atoms with Crippen LogP contribution in [0.1, 0.15) is 36.2 Å². The fraction of sp³-hybridized carbons (Fsp3) is 0.333. The number of fused-ring (bicyclic) bond motifs is 1. The van der Waals surface area contributed by atoms with E-state index < -0.39 is 0 Å². The van der Waals surface area contributed by atoms with E-state index in [1.54, 1.807) is 18.0 Å². The highest BCUT2D eigenvalue weighted by Gasteiger charge is 2.27. The molecule has 0 amide bonds. The quantitative estimate of drug-likeness (QED) is 0.774. The van der Waals surface area contributed by atoms with Crippen LogP contribution in [-0.4, -0.2) is 16.5 Å². The minimum atomic E-state index is 0.297. The number of hydrogen-bond donors (Lipinski definition) is 0. The third-order valence-corrected chi connectivity index (χ3v) is 4.85. The van der Waals surface area contributed by atoms with Crippen molar-refractivity contribution in [3.63, 3.8) is 0 Å². The summed E-state index contributed by atoms with van der Waals surface area (Å²) >= 11 is 1.76. The second-order valence-corrected chi connectivity index (χ2v) is 6.88. The normalized spacial score (nSPS) is 17.6. The first kappa shape index (κ1) is 14.3. The molecule has 1 aliphatic rings. The second-order valence-electron chi connectivity index (χ2n) is 5.58. The highest BCUT2D eigenvalue weighted by atomic mass is 32.2. The van der Waals surface area contributed by atoms with Gasteiger partial charge in [0.1, 0.15) is 0 Å². The minimum absolute atomic E-state index is 0.297. The monoisotopic (exact) mass is 297 g/mol. The van der Waals surface area contributed by atoms with Crippen LogP contribution in [-0.2, 0) is 6.42 Å². The maximum absolute atomic E-state index is 12.5. The smallest absolute Gasteiger partial charge is 0.164 e. The van der Waals surface area contributed by atoms with E-state index >= 15 is 0 Å². The van der Waals surface area contributed by atoms with Crippen LogP contribution in [0.25, 0.3) is 11.1 Å². The van der Waals surface area contributed by atoms with E-state index in [2.05, 4.69) is 37.0 Å². The molecule has 3 rings (SSSR count). The van der Waals surface area contributed by atoms with Crippen molar-refractivity contribution in [1.29, 1.82) is 0 Å². The molecular formula is C18H19NOS. The molecule has 0 N–H and O–H groups in total. The molecule has 21 heavy (non-hydrogen) atoms. The first-order chi connectivity index (χ1) is 10.2. The molecule has 1 aromatic heterocycles. The first-order valence-corrected chi connectivity index (χ1v) is 8.41. The zero-order valence-corrected chi connectivity index (χ0v) is 13.2. The number of hydrogen-bond acceptors (Lipinski definition) is 3. The summed E-state index contributed by atoms with van der Waals surface area (Å²) < 4.78 is 0. The van der Waals surface area contributed by atoms with Gasteiger partial charge < -0.3 is 0 Å². The highest BCUT2D eigenvalue weighted by Crippen LogP contribution is 2.38. The van der Waals surface area contributed by atoms with E-state index in [4.69, 9.17) is 0 Å². The number of thioether (sulfide) groups is 1. The fourth-order valence-corrected chi connectivity index (χ4v) is 3.91. The van der Waals surface area contributed by atoms with E-state index in [-0.39, 0.29) is 0 Å². The lowest BCUT2D eigenvalue weighted by molar-refractivity contribution is 0.0950. The summed E-state index contributed by atoms with van der Waals surface area (Å²) in [6.07, 6.45) is 5.31. The van der Waals surface area contributed by atoms with Crippen LogP contribution in [0.4, 0.5) is 0 Å². The van der Waals surface area contributed by atoms with Crippen LogP contribution in [0.15, 0.2) is 41.6 Å². The molecule has 0 saturated heterocycles. The molecule has 1 atom stereocenters. The molecule has 108 valence electrons. The van der Waals surface area contributed by atoms with E-state index in [1.165, 1.54) is 11.1 Å². The van der Waals surface area contributed by atoms with Crippen molar-refractivity contribution in [2.45, 2.75) is 31.6 Å². The van der Waals surface area contributed by atoms with Crippen LogP contribution < -0.4 is 0 Å². The van der Waals surface area contributed by atoms with Crippen LogP contribution in [0, 0.1) is 5.92 Å².